The van der Waals surface area contributed by atoms with Crippen molar-refractivity contribution < 1.29 is 18.7 Å². The first kappa shape index (κ1) is 26.3. The molecule has 1 unspecified atom stereocenters. The summed E-state index contributed by atoms with van der Waals surface area (Å²) in [6, 6.07) is 3.70. The van der Waals surface area contributed by atoms with E-state index < -0.39 is 11.7 Å². The second kappa shape index (κ2) is 13.6. The molecule has 0 aromatic carbocycles. The molecule has 1 heterocycles. The van der Waals surface area contributed by atoms with Gasteiger partial charge in [-0.2, -0.15) is 0 Å². The predicted octanol–water partition coefficient (Wildman–Crippen LogP) is 2.53. The van der Waals surface area contributed by atoms with Crippen LogP contribution in [0, 0.1) is 0 Å². The number of hydrogen-bond acceptors (Lipinski definition) is 5. The lowest BCUT2D eigenvalue weighted by atomic mass is 10.1. The SMILES string of the molecule is CCCCC(CNC(=O)OC(C)(C)C)NC(=NCC(=O)N(C)C)NCCc1ccco1. The van der Waals surface area contributed by atoms with Gasteiger partial charge in [0.15, 0.2) is 5.96 Å². The van der Waals surface area contributed by atoms with Gasteiger partial charge in [0.2, 0.25) is 5.91 Å². The Labute approximate surface area is 186 Å². The van der Waals surface area contributed by atoms with Gasteiger partial charge in [-0.3, -0.25) is 4.79 Å². The number of likely N-dealkylation sites (N-methyl/N-ethyl adjacent to an activating group) is 1. The highest BCUT2D eigenvalue weighted by atomic mass is 16.6. The zero-order chi connectivity index (χ0) is 23.3. The molecule has 0 fully saturated rings. The van der Waals surface area contributed by atoms with E-state index in [4.69, 9.17) is 9.15 Å². The van der Waals surface area contributed by atoms with E-state index in [2.05, 4.69) is 27.9 Å². The highest BCUT2D eigenvalue weighted by Gasteiger charge is 2.18. The number of rotatable bonds is 11. The van der Waals surface area contributed by atoms with Crippen LogP contribution in [-0.4, -0.2) is 68.2 Å². The third-order valence-electron chi connectivity index (χ3n) is 4.25. The number of furan rings is 1. The normalized spacial score (nSPS) is 12.8. The lowest BCUT2D eigenvalue weighted by Crippen LogP contribution is -2.49. The molecule has 0 aliphatic rings. The standard InChI is InChI=1S/C22H39N5O4/c1-7-8-10-17(15-25-21(29)31-22(2,3)4)26-20(24-16-19(28)27(5)6)23-13-12-18-11-9-14-30-18/h9,11,14,17H,7-8,10,12-13,15-16H2,1-6H3,(H,25,29)(H2,23,24,26). The van der Waals surface area contributed by atoms with Crippen molar-refractivity contribution in [1.29, 1.82) is 0 Å². The van der Waals surface area contributed by atoms with Crippen LogP contribution < -0.4 is 16.0 Å². The van der Waals surface area contributed by atoms with Crippen LogP contribution >= 0.6 is 0 Å². The van der Waals surface area contributed by atoms with E-state index in [1.165, 1.54) is 4.90 Å². The number of ether oxygens (including phenoxy) is 1. The molecule has 0 aliphatic carbocycles. The van der Waals surface area contributed by atoms with Gasteiger partial charge in [-0.25, -0.2) is 9.79 Å². The number of unbranched alkanes of at least 4 members (excludes halogenated alkanes) is 1. The second-order valence-electron chi connectivity index (χ2n) is 8.58. The van der Waals surface area contributed by atoms with E-state index in [9.17, 15) is 9.59 Å². The van der Waals surface area contributed by atoms with E-state index in [0.29, 0.717) is 25.5 Å². The van der Waals surface area contributed by atoms with Crippen molar-refractivity contribution in [3.63, 3.8) is 0 Å². The Morgan fingerprint density at radius 2 is 2.00 bits per heavy atom. The summed E-state index contributed by atoms with van der Waals surface area (Å²) < 4.78 is 10.7. The minimum absolute atomic E-state index is 0.0308. The Balaban J connectivity index is 2.75. The average Bonchev–Trinajstić information content (AvgIpc) is 3.19. The molecule has 1 aromatic rings. The fourth-order valence-electron chi connectivity index (χ4n) is 2.59. The lowest BCUT2D eigenvalue weighted by Gasteiger charge is -2.24. The molecule has 1 atom stereocenters. The van der Waals surface area contributed by atoms with Crippen LogP contribution in [0.5, 0.6) is 0 Å². The summed E-state index contributed by atoms with van der Waals surface area (Å²) in [5, 5.41) is 9.42. The zero-order valence-corrected chi connectivity index (χ0v) is 19.8. The molecular weight excluding hydrogens is 398 g/mol. The van der Waals surface area contributed by atoms with Crippen LogP contribution in [0.3, 0.4) is 0 Å². The van der Waals surface area contributed by atoms with E-state index in [1.807, 2.05) is 32.9 Å². The molecule has 9 nitrogen and oxygen atoms in total. The van der Waals surface area contributed by atoms with Gasteiger partial charge in [0.25, 0.3) is 0 Å². The highest BCUT2D eigenvalue weighted by molar-refractivity contribution is 5.85. The minimum Gasteiger partial charge on any atom is -0.469 e. The largest absolute Gasteiger partial charge is 0.469 e. The van der Waals surface area contributed by atoms with Crippen LogP contribution in [0.25, 0.3) is 0 Å². The number of carbonyl (C=O) groups is 2. The fraction of sp³-hybridized carbons (Fsp3) is 0.682. The first-order chi connectivity index (χ1) is 14.6. The molecule has 0 aliphatic heterocycles. The van der Waals surface area contributed by atoms with Crippen molar-refractivity contribution in [3.05, 3.63) is 24.2 Å². The summed E-state index contributed by atoms with van der Waals surface area (Å²) in [5.41, 5.74) is -0.553. The van der Waals surface area contributed by atoms with Crippen molar-refractivity contribution in [2.75, 3.05) is 33.7 Å². The number of nitrogens with zero attached hydrogens (tertiary/aromatic N) is 2. The summed E-state index contributed by atoms with van der Waals surface area (Å²) in [7, 11) is 3.40. The molecule has 0 spiro atoms. The maximum absolute atomic E-state index is 12.0. The molecule has 0 bridgehead atoms. The van der Waals surface area contributed by atoms with Gasteiger partial charge >= 0.3 is 6.09 Å². The molecule has 1 rings (SSSR count). The molecule has 3 N–H and O–H groups in total. The second-order valence-corrected chi connectivity index (χ2v) is 8.58. The number of guanidine groups is 1. The number of amides is 2. The maximum atomic E-state index is 12.0. The summed E-state index contributed by atoms with van der Waals surface area (Å²) in [5.74, 6) is 1.29. The maximum Gasteiger partial charge on any atom is 0.407 e. The van der Waals surface area contributed by atoms with E-state index in [0.717, 1.165) is 25.0 Å². The highest BCUT2D eigenvalue weighted by Crippen LogP contribution is 2.07. The third-order valence-corrected chi connectivity index (χ3v) is 4.25. The van der Waals surface area contributed by atoms with Crippen LogP contribution in [-0.2, 0) is 16.0 Å². The summed E-state index contributed by atoms with van der Waals surface area (Å²) in [6.45, 7) is 8.61. The van der Waals surface area contributed by atoms with Crippen LogP contribution in [0.4, 0.5) is 4.79 Å². The molecular formula is C22H39N5O4. The Morgan fingerprint density at radius 3 is 2.58 bits per heavy atom. The summed E-state index contributed by atoms with van der Waals surface area (Å²) >= 11 is 0. The van der Waals surface area contributed by atoms with Crippen molar-refractivity contribution >= 4 is 18.0 Å². The van der Waals surface area contributed by atoms with E-state index in [1.54, 1.807) is 20.4 Å². The molecule has 9 heteroatoms. The van der Waals surface area contributed by atoms with Gasteiger partial charge in [-0.1, -0.05) is 19.8 Å². The zero-order valence-electron chi connectivity index (χ0n) is 19.8. The quantitative estimate of drug-likeness (QED) is 0.363. The first-order valence-corrected chi connectivity index (χ1v) is 10.8. The van der Waals surface area contributed by atoms with Crippen molar-refractivity contribution in [3.8, 4) is 0 Å². The van der Waals surface area contributed by atoms with Crippen LogP contribution in [0.1, 0.15) is 52.7 Å². The fourth-order valence-corrected chi connectivity index (χ4v) is 2.59. The van der Waals surface area contributed by atoms with Gasteiger partial charge in [0.05, 0.1) is 6.26 Å². The Bertz CT molecular complexity index is 681. The lowest BCUT2D eigenvalue weighted by molar-refractivity contribution is -0.127. The van der Waals surface area contributed by atoms with Crippen molar-refractivity contribution in [2.45, 2.75) is 65.0 Å². The third kappa shape index (κ3) is 12.6. The molecule has 1 aromatic heterocycles. The van der Waals surface area contributed by atoms with Gasteiger partial charge in [0.1, 0.15) is 17.9 Å². The molecule has 2 amide bonds. The smallest absolute Gasteiger partial charge is 0.407 e. The van der Waals surface area contributed by atoms with Crippen molar-refractivity contribution in [2.24, 2.45) is 4.99 Å². The first-order valence-electron chi connectivity index (χ1n) is 10.8. The van der Waals surface area contributed by atoms with Crippen molar-refractivity contribution in [1.82, 2.24) is 20.9 Å². The number of hydrogen-bond donors (Lipinski definition) is 3. The van der Waals surface area contributed by atoms with Gasteiger partial charge in [0, 0.05) is 39.6 Å². The van der Waals surface area contributed by atoms with Gasteiger partial charge in [-0.15, -0.1) is 0 Å². The minimum atomic E-state index is -0.553. The average molecular weight is 438 g/mol. The van der Waals surface area contributed by atoms with Crippen LogP contribution in [0.2, 0.25) is 0 Å². The monoisotopic (exact) mass is 437 g/mol. The topological polar surface area (TPSA) is 108 Å². The van der Waals surface area contributed by atoms with E-state index in [-0.39, 0.29) is 18.5 Å². The summed E-state index contributed by atoms with van der Waals surface area (Å²) in [6.07, 6.45) is 4.73. The molecule has 0 saturated carbocycles. The Morgan fingerprint density at radius 1 is 1.26 bits per heavy atom. The van der Waals surface area contributed by atoms with Gasteiger partial charge in [-0.05, 0) is 39.3 Å². The number of aliphatic imine (C=N–C) groups is 1. The Hall–Kier alpha value is -2.71. The molecule has 0 radical (unpaired) electrons. The molecule has 176 valence electrons. The number of nitrogens with one attached hydrogen (secondary N) is 3. The number of alkyl carbamates (subject to hydrolysis) is 1. The molecule has 31 heavy (non-hydrogen) atoms. The van der Waals surface area contributed by atoms with E-state index >= 15 is 0 Å². The number of carbonyl (C=O) groups excluding carboxylic acids is 2. The predicted molar refractivity (Wildman–Crippen MR) is 122 cm³/mol. The van der Waals surface area contributed by atoms with Crippen LogP contribution in [0.15, 0.2) is 27.8 Å². The molecule has 0 saturated heterocycles. The Kier molecular flexibility index (Phi) is 11.5. The summed E-state index contributed by atoms with van der Waals surface area (Å²) in [4.78, 5) is 30.0. The van der Waals surface area contributed by atoms with Gasteiger partial charge < -0.3 is 30.0 Å².